The molecular formula is C14H30O3Si. The van der Waals surface area contributed by atoms with Gasteiger partial charge in [0.15, 0.2) is 0 Å². The first kappa shape index (κ1) is 16.2. The molecule has 1 saturated heterocycles. The van der Waals surface area contributed by atoms with Crippen LogP contribution in [-0.4, -0.2) is 42.5 Å². The summed E-state index contributed by atoms with van der Waals surface area (Å²) in [5.41, 5.74) is 0. The summed E-state index contributed by atoms with van der Waals surface area (Å²) in [6, 6.07) is 0. The molecule has 0 aromatic carbocycles. The molecule has 0 aliphatic carbocycles. The molecule has 1 heterocycles. The van der Waals surface area contributed by atoms with Crippen molar-refractivity contribution in [1.82, 2.24) is 0 Å². The van der Waals surface area contributed by atoms with Crippen LogP contribution >= 0.6 is 0 Å². The Morgan fingerprint density at radius 3 is 2.56 bits per heavy atom. The molecule has 1 fully saturated rings. The van der Waals surface area contributed by atoms with E-state index in [1.165, 1.54) is 44.9 Å². The van der Waals surface area contributed by atoms with Crippen LogP contribution in [0.5, 0.6) is 0 Å². The summed E-state index contributed by atoms with van der Waals surface area (Å²) in [6.45, 7) is 4.74. The van der Waals surface area contributed by atoms with Crippen molar-refractivity contribution < 1.29 is 13.9 Å². The summed E-state index contributed by atoms with van der Waals surface area (Å²) in [5.74, 6) is 0. The Morgan fingerprint density at radius 2 is 1.89 bits per heavy atom. The van der Waals surface area contributed by atoms with Gasteiger partial charge in [-0.2, -0.15) is 0 Å². The number of hydrogen-bond donors (Lipinski definition) is 0. The van der Waals surface area contributed by atoms with Crippen molar-refractivity contribution in [1.29, 1.82) is 0 Å². The summed E-state index contributed by atoms with van der Waals surface area (Å²) < 4.78 is 16.3. The minimum atomic E-state index is 0.388. The second-order valence-corrected chi connectivity index (χ2v) is 5.70. The highest BCUT2D eigenvalue weighted by Crippen LogP contribution is 2.13. The van der Waals surface area contributed by atoms with E-state index >= 15 is 0 Å². The van der Waals surface area contributed by atoms with Crippen LogP contribution in [0.3, 0.4) is 0 Å². The Balaban J connectivity index is 1.85. The lowest BCUT2D eigenvalue weighted by Crippen LogP contribution is -2.15. The summed E-state index contributed by atoms with van der Waals surface area (Å²) in [4.78, 5) is 0. The summed E-state index contributed by atoms with van der Waals surface area (Å²) in [7, 11) is 0.840. The Hall–Kier alpha value is 0.0969. The van der Waals surface area contributed by atoms with Crippen molar-refractivity contribution in [3.63, 3.8) is 0 Å². The molecule has 1 aliphatic heterocycles. The van der Waals surface area contributed by atoms with Crippen molar-refractivity contribution in [3.8, 4) is 0 Å². The molecule has 0 aromatic heterocycles. The van der Waals surface area contributed by atoms with Gasteiger partial charge in [-0.25, -0.2) is 0 Å². The Kier molecular flexibility index (Phi) is 9.84. The van der Waals surface area contributed by atoms with Gasteiger partial charge in [-0.05, 0) is 12.8 Å². The summed E-state index contributed by atoms with van der Waals surface area (Å²) >= 11 is 0. The zero-order valence-electron chi connectivity index (χ0n) is 12.2. The molecule has 0 spiro atoms. The molecule has 3 nitrogen and oxygen atoms in total. The smallest absolute Gasteiger partial charge is 0.146 e. The summed E-state index contributed by atoms with van der Waals surface area (Å²) in [5, 5.41) is 0. The third kappa shape index (κ3) is 9.08. The van der Waals surface area contributed by atoms with Gasteiger partial charge in [-0.3, -0.25) is 0 Å². The number of ether oxygens (including phenoxy) is 2. The Bertz CT molecular complexity index is 186. The molecule has 0 radical (unpaired) electrons. The highest BCUT2D eigenvalue weighted by atomic mass is 28.2. The quantitative estimate of drug-likeness (QED) is 0.293. The molecule has 0 saturated carbocycles. The number of unbranched alkanes of at least 4 members (excludes halogenated alkanes) is 5. The van der Waals surface area contributed by atoms with Crippen molar-refractivity contribution in [2.24, 2.45) is 0 Å². The highest BCUT2D eigenvalue weighted by molar-refractivity contribution is 5.98. The van der Waals surface area contributed by atoms with Crippen LogP contribution in [-0.2, 0) is 13.9 Å². The summed E-state index contributed by atoms with van der Waals surface area (Å²) in [6.07, 6.45) is 11.2. The third-order valence-electron chi connectivity index (χ3n) is 3.50. The standard InChI is InChI=1S/C14H30O3Si/c1-2-3-4-5-6-7-8-13(17-18)9-10-15-11-14-12-16-14/h13-14H,2-12H2,1,18H3. The average molecular weight is 274 g/mol. The van der Waals surface area contributed by atoms with Crippen LogP contribution in [0.1, 0.15) is 58.3 Å². The molecule has 1 rings (SSSR count). The van der Waals surface area contributed by atoms with Crippen molar-refractivity contribution in [2.75, 3.05) is 19.8 Å². The maximum absolute atomic E-state index is 5.63. The van der Waals surface area contributed by atoms with Gasteiger partial charge >= 0.3 is 0 Å². The first-order chi connectivity index (χ1) is 8.86. The minimum Gasteiger partial charge on any atom is -0.425 e. The Labute approximate surface area is 115 Å². The monoisotopic (exact) mass is 274 g/mol. The van der Waals surface area contributed by atoms with Gasteiger partial charge < -0.3 is 13.9 Å². The van der Waals surface area contributed by atoms with Crippen LogP contribution in [0.15, 0.2) is 0 Å². The van der Waals surface area contributed by atoms with Crippen molar-refractivity contribution in [2.45, 2.75) is 70.5 Å². The normalized spacial score (nSPS) is 20.2. The van der Waals surface area contributed by atoms with Crippen LogP contribution in [0.25, 0.3) is 0 Å². The van der Waals surface area contributed by atoms with E-state index in [9.17, 15) is 0 Å². The van der Waals surface area contributed by atoms with E-state index < -0.39 is 0 Å². The van der Waals surface area contributed by atoms with E-state index in [0.717, 1.165) is 36.7 Å². The first-order valence-electron chi connectivity index (χ1n) is 7.59. The number of hydrogen-bond acceptors (Lipinski definition) is 3. The largest absolute Gasteiger partial charge is 0.425 e. The minimum absolute atomic E-state index is 0.388. The zero-order chi connectivity index (χ0) is 13.1. The fourth-order valence-corrected chi connectivity index (χ4v) is 2.60. The molecular weight excluding hydrogens is 244 g/mol. The molecule has 2 atom stereocenters. The molecule has 0 amide bonds. The van der Waals surface area contributed by atoms with E-state index in [1.54, 1.807) is 0 Å². The highest BCUT2D eigenvalue weighted by Gasteiger charge is 2.22. The van der Waals surface area contributed by atoms with Crippen LogP contribution in [0, 0.1) is 0 Å². The second kappa shape index (κ2) is 11.0. The van der Waals surface area contributed by atoms with Crippen LogP contribution in [0.4, 0.5) is 0 Å². The maximum Gasteiger partial charge on any atom is 0.146 e. The van der Waals surface area contributed by atoms with Crippen molar-refractivity contribution in [3.05, 3.63) is 0 Å². The van der Waals surface area contributed by atoms with E-state index in [0.29, 0.717) is 12.2 Å². The molecule has 0 N–H and O–H groups in total. The molecule has 0 bridgehead atoms. The van der Waals surface area contributed by atoms with E-state index in [1.807, 2.05) is 0 Å². The lowest BCUT2D eigenvalue weighted by atomic mass is 10.1. The number of rotatable bonds is 13. The SMILES string of the molecule is CCCCCCCCC(CCOCC1CO1)O[SiH3]. The molecule has 108 valence electrons. The molecule has 4 heteroatoms. The molecule has 0 aromatic rings. The number of epoxide rings is 1. The van der Waals surface area contributed by atoms with Gasteiger partial charge in [0.25, 0.3) is 0 Å². The second-order valence-electron chi connectivity index (χ2n) is 5.23. The van der Waals surface area contributed by atoms with E-state index in [-0.39, 0.29) is 0 Å². The molecule has 1 aliphatic rings. The lowest BCUT2D eigenvalue weighted by Gasteiger charge is -2.15. The van der Waals surface area contributed by atoms with Gasteiger partial charge in [-0.15, -0.1) is 0 Å². The first-order valence-corrected chi connectivity index (χ1v) is 8.40. The topological polar surface area (TPSA) is 31.0 Å². The zero-order valence-corrected chi connectivity index (χ0v) is 14.2. The van der Waals surface area contributed by atoms with Crippen LogP contribution < -0.4 is 0 Å². The predicted octanol–water partition coefficient (Wildman–Crippen LogP) is 2.21. The van der Waals surface area contributed by atoms with E-state index in [4.69, 9.17) is 13.9 Å². The predicted molar refractivity (Wildman–Crippen MR) is 78.0 cm³/mol. The Morgan fingerprint density at radius 1 is 1.17 bits per heavy atom. The van der Waals surface area contributed by atoms with Gasteiger partial charge in [0.2, 0.25) is 0 Å². The molecule has 18 heavy (non-hydrogen) atoms. The lowest BCUT2D eigenvalue weighted by molar-refractivity contribution is 0.0815. The van der Waals surface area contributed by atoms with E-state index in [2.05, 4.69) is 6.92 Å². The average Bonchev–Trinajstić information content (AvgIpc) is 3.20. The fraction of sp³-hybridized carbons (Fsp3) is 1.00. The van der Waals surface area contributed by atoms with Gasteiger partial charge in [0.05, 0.1) is 13.2 Å². The van der Waals surface area contributed by atoms with Gasteiger partial charge in [0.1, 0.15) is 16.6 Å². The maximum atomic E-state index is 5.63. The fourth-order valence-electron chi connectivity index (χ4n) is 2.13. The van der Waals surface area contributed by atoms with Gasteiger partial charge in [0, 0.05) is 12.7 Å². The van der Waals surface area contributed by atoms with Crippen molar-refractivity contribution >= 4 is 10.5 Å². The van der Waals surface area contributed by atoms with Gasteiger partial charge in [-0.1, -0.05) is 45.4 Å². The third-order valence-corrected chi connectivity index (χ3v) is 4.17. The van der Waals surface area contributed by atoms with Crippen LogP contribution in [0.2, 0.25) is 0 Å². The molecule has 2 unspecified atom stereocenters.